The van der Waals surface area contributed by atoms with Gasteiger partial charge < -0.3 is 9.32 Å². The molecule has 0 fully saturated rings. The lowest BCUT2D eigenvalue weighted by molar-refractivity contribution is 0.669. The summed E-state index contributed by atoms with van der Waals surface area (Å²) in [5.41, 5.74) is 12.1. The fourth-order valence-electron chi connectivity index (χ4n) is 7.29. The van der Waals surface area contributed by atoms with Gasteiger partial charge in [-0.05, 0) is 70.8 Å². The zero-order chi connectivity index (χ0) is 37.3. The Kier molecular flexibility index (Phi) is 8.43. The molecule has 5 heteroatoms. The van der Waals surface area contributed by atoms with Crippen LogP contribution in [0.15, 0.2) is 211 Å². The smallest absolute Gasteiger partial charge is 0.164 e. The molecule has 10 aromatic rings. The van der Waals surface area contributed by atoms with Crippen molar-refractivity contribution < 1.29 is 4.42 Å². The molecule has 8 aromatic carbocycles. The Morgan fingerprint density at radius 1 is 0.286 bits per heavy atom. The van der Waals surface area contributed by atoms with E-state index in [4.69, 9.17) is 19.4 Å². The SMILES string of the molecule is c1ccc(-c2ccc(-c3nc(-c4ccccc4)nc(-c4ccc5c(c4)oc4cc(N(c6ccccc6)c6ccc(-c7ccccc7)cc6)ccc45)n3)cc2)cc1. The van der Waals surface area contributed by atoms with Crippen LogP contribution in [0.4, 0.5) is 17.1 Å². The highest BCUT2D eigenvalue weighted by atomic mass is 16.3. The molecule has 0 bridgehead atoms. The Labute approximate surface area is 324 Å². The Hall–Kier alpha value is -7.63. The Balaban J connectivity index is 1.03. The molecule has 0 spiro atoms. The summed E-state index contributed by atoms with van der Waals surface area (Å²) in [6.45, 7) is 0. The maximum atomic E-state index is 6.64. The lowest BCUT2D eigenvalue weighted by Gasteiger charge is -2.25. The zero-order valence-electron chi connectivity index (χ0n) is 30.3. The molecule has 0 aliphatic rings. The van der Waals surface area contributed by atoms with Gasteiger partial charge in [0.1, 0.15) is 11.2 Å². The summed E-state index contributed by atoms with van der Waals surface area (Å²) in [6.07, 6.45) is 0. The second kappa shape index (κ2) is 14.3. The number of furan rings is 1. The summed E-state index contributed by atoms with van der Waals surface area (Å²) in [6, 6.07) is 71.0. The van der Waals surface area contributed by atoms with Gasteiger partial charge in [0.2, 0.25) is 0 Å². The van der Waals surface area contributed by atoms with Gasteiger partial charge in [-0.25, -0.2) is 15.0 Å². The summed E-state index contributed by atoms with van der Waals surface area (Å²) in [7, 11) is 0. The quantitative estimate of drug-likeness (QED) is 0.157. The Morgan fingerprint density at radius 3 is 1.21 bits per heavy atom. The average Bonchev–Trinajstić information content (AvgIpc) is 3.65. The van der Waals surface area contributed by atoms with E-state index in [1.165, 1.54) is 11.1 Å². The number of hydrogen-bond acceptors (Lipinski definition) is 5. The second-order valence-corrected chi connectivity index (χ2v) is 13.7. The van der Waals surface area contributed by atoms with E-state index in [0.717, 1.165) is 66.8 Å². The maximum Gasteiger partial charge on any atom is 0.164 e. The Bertz CT molecular complexity index is 2930. The van der Waals surface area contributed by atoms with Crippen LogP contribution in [0.3, 0.4) is 0 Å². The van der Waals surface area contributed by atoms with Crippen LogP contribution in [0.1, 0.15) is 0 Å². The number of benzene rings is 8. The van der Waals surface area contributed by atoms with Crippen LogP contribution in [0.5, 0.6) is 0 Å². The van der Waals surface area contributed by atoms with Gasteiger partial charge in [0.05, 0.1) is 0 Å². The van der Waals surface area contributed by atoms with Gasteiger partial charge >= 0.3 is 0 Å². The Morgan fingerprint density at radius 2 is 0.643 bits per heavy atom. The predicted octanol–water partition coefficient (Wildman–Crippen LogP) is 13.6. The van der Waals surface area contributed by atoms with Crippen LogP contribution in [0.2, 0.25) is 0 Å². The third kappa shape index (κ3) is 6.37. The molecule has 264 valence electrons. The van der Waals surface area contributed by atoms with E-state index in [2.05, 4.69) is 157 Å². The second-order valence-electron chi connectivity index (χ2n) is 13.7. The van der Waals surface area contributed by atoms with E-state index >= 15 is 0 Å². The summed E-state index contributed by atoms with van der Waals surface area (Å²) >= 11 is 0. The van der Waals surface area contributed by atoms with Crippen LogP contribution in [-0.4, -0.2) is 15.0 Å². The highest BCUT2D eigenvalue weighted by Crippen LogP contribution is 2.40. The number of para-hydroxylation sites is 1. The highest BCUT2D eigenvalue weighted by Gasteiger charge is 2.18. The van der Waals surface area contributed by atoms with Gasteiger partial charge in [0.25, 0.3) is 0 Å². The minimum atomic E-state index is 0.582. The fraction of sp³-hybridized carbons (Fsp3) is 0. The first-order valence-corrected chi connectivity index (χ1v) is 18.7. The van der Waals surface area contributed by atoms with E-state index in [1.54, 1.807) is 0 Å². The van der Waals surface area contributed by atoms with Crippen molar-refractivity contribution in [3.05, 3.63) is 206 Å². The summed E-state index contributed by atoms with van der Waals surface area (Å²) in [5.74, 6) is 1.81. The monoisotopic (exact) mass is 718 g/mol. The number of anilines is 3. The van der Waals surface area contributed by atoms with Crippen molar-refractivity contribution >= 4 is 39.0 Å². The first-order chi connectivity index (χ1) is 27.7. The minimum absolute atomic E-state index is 0.582. The van der Waals surface area contributed by atoms with Crippen molar-refractivity contribution in [2.45, 2.75) is 0 Å². The third-order valence-electron chi connectivity index (χ3n) is 10.1. The van der Waals surface area contributed by atoms with Gasteiger partial charge in [0, 0.05) is 50.6 Å². The lowest BCUT2D eigenvalue weighted by Crippen LogP contribution is -2.09. The number of hydrogen-bond donors (Lipinski definition) is 0. The maximum absolute atomic E-state index is 6.64. The van der Waals surface area contributed by atoms with E-state index < -0.39 is 0 Å². The zero-order valence-corrected chi connectivity index (χ0v) is 30.3. The molecule has 2 heterocycles. The van der Waals surface area contributed by atoms with Crippen LogP contribution < -0.4 is 4.90 Å². The van der Waals surface area contributed by atoms with Crippen LogP contribution in [0.25, 0.3) is 78.4 Å². The van der Waals surface area contributed by atoms with Crippen molar-refractivity contribution in [1.29, 1.82) is 0 Å². The van der Waals surface area contributed by atoms with Crippen molar-refractivity contribution in [2.75, 3.05) is 4.90 Å². The number of rotatable bonds is 8. The molecule has 0 unspecified atom stereocenters. The van der Waals surface area contributed by atoms with Crippen molar-refractivity contribution in [2.24, 2.45) is 0 Å². The van der Waals surface area contributed by atoms with Gasteiger partial charge in [0.15, 0.2) is 17.5 Å². The number of nitrogens with zero attached hydrogens (tertiary/aromatic N) is 4. The van der Waals surface area contributed by atoms with Crippen molar-refractivity contribution in [3.8, 4) is 56.4 Å². The highest BCUT2D eigenvalue weighted by molar-refractivity contribution is 6.07. The molecule has 0 aliphatic carbocycles. The number of aromatic nitrogens is 3. The molecule has 0 aliphatic heterocycles. The minimum Gasteiger partial charge on any atom is -0.456 e. The summed E-state index contributed by atoms with van der Waals surface area (Å²) in [4.78, 5) is 17.2. The van der Waals surface area contributed by atoms with Gasteiger partial charge in [-0.1, -0.05) is 152 Å². The van der Waals surface area contributed by atoms with E-state index in [-0.39, 0.29) is 0 Å². The number of fused-ring (bicyclic) bond motifs is 3. The largest absolute Gasteiger partial charge is 0.456 e. The average molecular weight is 719 g/mol. The van der Waals surface area contributed by atoms with E-state index in [0.29, 0.717) is 17.5 Å². The molecule has 56 heavy (non-hydrogen) atoms. The van der Waals surface area contributed by atoms with E-state index in [9.17, 15) is 0 Å². The van der Waals surface area contributed by atoms with Gasteiger partial charge in [-0.15, -0.1) is 0 Å². The first-order valence-electron chi connectivity index (χ1n) is 18.7. The van der Waals surface area contributed by atoms with E-state index in [1.807, 2.05) is 54.6 Å². The topological polar surface area (TPSA) is 55.1 Å². The normalized spacial score (nSPS) is 11.2. The van der Waals surface area contributed by atoms with Crippen LogP contribution in [-0.2, 0) is 0 Å². The van der Waals surface area contributed by atoms with Gasteiger partial charge in [-0.3, -0.25) is 0 Å². The van der Waals surface area contributed by atoms with Crippen molar-refractivity contribution in [3.63, 3.8) is 0 Å². The molecule has 5 nitrogen and oxygen atoms in total. The molecule has 0 saturated carbocycles. The van der Waals surface area contributed by atoms with Crippen LogP contribution in [0, 0.1) is 0 Å². The molecule has 10 rings (SSSR count). The predicted molar refractivity (Wildman–Crippen MR) is 229 cm³/mol. The molecule has 2 aromatic heterocycles. The molecule has 0 atom stereocenters. The van der Waals surface area contributed by atoms with Crippen molar-refractivity contribution in [1.82, 2.24) is 15.0 Å². The fourth-order valence-corrected chi connectivity index (χ4v) is 7.29. The molecular formula is C51H34N4O. The molecule has 0 amide bonds. The lowest BCUT2D eigenvalue weighted by atomic mass is 10.0. The summed E-state index contributed by atoms with van der Waals surface area (Å²) < 4.78 is 6.64. The molecule has 0 N–H and O–H groups in total. The standard InChI is InChI=1S/C51H34N4O/c1-5-13-35(14-6-1)37-21-23-40(24-22-37)50-52-49(39-17-9-3-10-18-39)53-51(54-50)41-27-31-45-46-32-30-44(34-48(46)56-47(45)33-41)55(42-19-11-4-12-20-42)43-28-25-38(26-29-43)36-15-7-2-8-16-36/h1-34H. The molecule has 0 radical (unpaired) electrons. The van der Waals surface area contributed by atoms with Crippen LogP contribution >= 0.6 is 0 Å². The third-order valence-corrected chi connectivity index (χ3v) is 10.1. The summed E-state index contributed by atoms with van der Waals surface area (Å²) in [5, 5.41) is 2.07. The van der Waals surface area contributed by atoms with Gasteiger partial charge in [-0.2, -0.15) is 0 Å². The first kappa shape index (κ1) is 33.0. The molecular weight excluding hydrogens is 685 g/mol. The molecule has 0 saturated heterocycles.